The van der Waals surface area contributed by atoms with E-state index in [9.17, 15) is 0 Å². The molecular formula is C10H9ClN2O. The van der Waals surface area contributed by atoms with Gasteiger partial charge in [-0.1, -0.05) is 23.7 Å². The Labute approximate surface area is 86.7 Å². The van der Waals surface area contributed by atoms with E-state index < -0.39 is 0 Å². The molecule has 4 heteroatoms. The largest absolute Gasteiger partial charge is 0.476 e. The minimum atomic E-state index is 0.311. The summed E-state index contributed by atoms with van der Waals surface area (Å²) in [5.41, 5.74) is 1.57. The molecule has 0 amide bonds. The maximum atomic E-state index is 5.88. The molecule has 0 aliphatic rings. The Morgan fingerprint density at radius 2 is 1.86 bits per heavy atom. The number of hydrogen-bond donors (Lipinski definition) is 0. The smallest absolute Gasteiger partial charge is 0.252 e. The van der Waals surface area contributed by atoms with Gasteiger partial charge >= 0.3 is 0 Å². The number of nitrogens with zero attached hydrogens (tertiary/aromatic N) is 2. The number of benzene rings is 1. The van der Waals surface area contributed by atoms with Gasteiger partial charge in [-0.2, -0.15) is 0 Å². The number of para-hydroxylation sites is 2. The van der Waals surface area contributed by atoms with Gasteiger partial charge in [0.1, 0.15) is 0 Å². The zero-order chi connectivity index (χ0) is 9.97. The monoisotopic (exact) mass is 208 g/mol. The molecule has 0 radical (unpaired) electrons. The molecule has 0 spiro atoms. The predicted octanol–water partition coefficient (Wildman–Crippen LogP) is 2.68. The minimum absolute atomic E-state index is 0.311. The van der Waals surface area contributed by atoms with Crippen molar-refractivity contribution in [3.63, 3.8) is 0 Å². The van der Waals surface area contributed by atoms with E-state index in [0.29, 0.717) is 17.6 Å². The standard InChI is InChI=1S/C10H9ClN2O/c1-2-14-10-9(11)12-7-5-3-4-6-8(7)13-10/h3-6H,2H2,1H3. The summed E-state index contributed by atoms with van der Waals surface area (Å²) in [7, 11) is 0. The molecule has 0 saturated carbocycles. The molecule has 0 bridgehead atoms. The summed E-state index contributed by atoms with van der Waals surface area (Å²) in [5, 5.41) is 0.311. The molecule has 0 unspecified atom stereocenters. The molecule has 2 aromatic rings. The van der Waals surface area contributed by atoms with E-state index in [4.69, 9.17) is 16.3 Å². The molecule has 1 aromatic heterocycles. The Morgan fingerprint density at radius 3 is 2.50 bits per heavy atom. The van der Waals surface area contributed by atoms with Crippen molar-refractivity contribution in [3.8, 4) is 5.88 Å². The van der Waals surface area contributed by atoms with Crippen molar-refractivity contribution >= 4 is 22.6 Å². The lowest BCUT2D eigenvalue weighted by Gasteiger charge is -2.04. The molecule has 14 heavy (non-hydrogen) atoms. The SMILES string of the molecule is CCOc1nc2ccccc2nc1Cl. The summed E-state index contributed by atoms with van der Waals surface area (Å²) in [4.78, 5) is 8.42. The maximum absolute atomic E-state index is 5.88. The van der Waals surface area contributed by atoms with Crippen molar-refractivity contribution < 1.29 is 4.74 Å². The van der Waals surface area contributed by atoms with Crippen LogP contribution in [0, 0.1) is 0 Å². The lowest BCUT2D eigenvalue weighted by atomic mass is 10.3. The molecule has 1 heterocycles. The van der Waals surface area contributed by atoms with Crippen LogP contribution < -0.4 is 4.74 Å². The quantitative estimate of drug-likeness (QED) is 0.761. The molecular weight excluding hydrogens is 200 g/mol. The Morgan fingerprint density at radius 1 is 1.21 bits per heavy atom. The lowest BCUT2D eigenvalue weighted by Crippen LogP contribution is -1.97. The molecule has 0 atom stereocenters. The van der Waals surface area contributed by atoms with Gasteiger partial charge in [0.25, 0.3) is 5.88 Å². The highest BCUT2D eigenvalue weighted by Gasteiger charge is 2.06. The first kappa shape index (κ1) is 9.21. The van der Waals surface area contributed by atoms with Gasteiger partial charge in [0.15, 0.2) is 5.15 Å². The van der Waals surface area contributed by atoms with Crippen LogP contribution in [0.15, 0.2) is 24.3 Å². The van der Waals surface area contributed by atoms with E-state index in [0.717, 1.165) is 11.0 Å². The van der Waals surface area contributed by atoms with Crippen LogP contribution in [0.25, 0.3) is 11.0 Å². The average Bonchev–Trinajstić information content (AvgIpc) is 2.19. The molecule has 2 rings (SSSR count). The second-order valence-electron chi connectivity index (χ2n) is 2.74. The van der Waals surface area contributed by atoms with Crippen LogP contribution in [0.4, 0.5) is 0 Å². The molecule has 0 fully saturated rings. The number of ether oxygens (including phenoxy) is 1. The highest BCUT2D eigenvalue weighted by atomic mass is 35.5. The highest BCUT2D eigenvalue weighted by molar-refractivity contribution is 6.30. The van der Waals surface area contributed by atoms with Gasteiger partial charge in [-0.05, 0) is 19.1 Å². The molecule has 0 saturated heterocycles. The second kappa shape index (κ2) is 3.80. The number of rotatable bonds is 2. The first-order valence-corrected chi connectivity index (χ1v) is 4.74. The van der Waals surface area contributed by atoms with Gasteiger partial charge in [-0.3, -0.25) is 0 Å². The van der Waals surface area contributed by atoms with Gasteiger partial charge in [-0.25, -0.2) is 9.97 Å². The Bertz CT molecular complexity index is 459. The van der Waals surface area contributed by atoms with Crippen molar-refractivity contribution in [3.05, 3.63) is 29.4 Å². The van der Waals surface area contributed by atoms with Crippen LogP contribution in [0.1, 0.15) is 6.92 Å². The van der Waals surface area contributed by atoms with E-state index in [-0.39, 0.29) is 0 Å². The summed E-state index contributed by atoms with van der Waals surface area (Å²) in [5.74, 6) is 0.396. The van der Waals surface area contributed by atoms with Crippen LogP contribution in [0.5, 0.6) is 5.88 Å². The van der Waals surface area contributed by atoms with Gasteiger partial charge in [0, 0.05) is 0 Å². The molecule has 0 aliphatic carbocycles. The van der Waals surface area contributed by atoms with E-state index in [1.807, 2.05) is 31.2 Å². The number of fused-ring (bicyclic) bond motifs is 1. The fourth-order valence-corrected chi connectivity index (χ4v) is 1.38. The molecule has 3 nitrogen and oxygen atoms in total. The minimum Gasteiger partial charge on any atom is -0.476 e. The molecule has 72 valence electrons. The third-order valence-electron chi connectivity index (χ3n) is 1.78. The van der Waals surface area contributed by atoms with E-state index >= 15 is 0 Å². The van der Waals surface area contributed by atoms with Crippen molar-refractivity contribution in [1.29, 1.82) is 0 Å². The fourth-order valence-electron chi connectivity index (χ4n) is 1.19. The van der Waals surface area contributed by atoms with Crippen LogP contribution in [-0.2, 0) is 0 Å². The average molecular weight is 209 g/mol. The van der Waals surface area contributed by atoms with Crippen LogP contribution in [-0.4, -0.2) is 16.6 Å². The number of aromatic nitrogens is 2. The highest BCUT2D eigenvalue weighted by Crippen LogP contribution is 2.22. The lowest BCUT2D eigenvalue weighted by molar-refractivity contribution is 0.327. The Hall–Kier alpha value is -1.35. The Balaban J connectivity index is 2.59. The zero-order valence-electron chi connectivity index (χ0n) is 7.70. The second-order valence-corrected chi connectivity index (χ2v) is 3.10. The zero-order valence-corrected chi connectivity index (χ0v) is 8.45. The number of halogens is 1. The Kier molecular flexibility index (Phi) is 2.50. The van der Waals surface area contributed by atoms with Crippen molar-refractivity contribution in [2.45, 2.75) is 6.92 Å². The van der Waals surface area contributed by atoms with Gasteiger partial charge in [0.05, 0.1) is 17.6 Å². The van der Waals surface area contributed by atoms with Crippen LogP contribution in [0.3, 0.4) is 0 Å². The predicted molar refractivity (Wildman–Crippen MR) is 55.7 cm³/mol. The molecule has 0 aliphatic heterocycles. The van der Waals surface area contributed by atoms with Crippen molar-refractivity contribution in [2.75, 3.05) is 6.61 Å². The third-order valence-corrected chi connectivity index (χ3v) is 2.03. The summed E-state index contributed by atoms with van der Waals surface area (Å²) in [6.07, 6.45) is 0. The topological polar surface area (TPSA) is 35.0 Å². The van der Waals surface area contributed by atoms with Crippen molar-refractivity contribution in [2.24, 2.45) is 0 Å². The van der Waals surface area contributed by atoms with Gasteiger partial charge < -0.3 is 4.74 Å². The first-order chi connectivity index (χ1) is 6.81. The van der Waals surface area contributed by atoms with Gasteiger partial charge in [0.2, 0.25) is 0 Å². The third kappa shape index (κ3) is 1.63. The normalized spacial score (nSPS) is 10.4. The maximum Gasteiger partial charge on any atom is 0.252 e. The summed E-state index contributed by atoms with van der Waals surface area (Å²) >= 11 is 5.88. The van der Waals surface area contributed by atoms with Crippen LogP contribution in [0.2, 0.25) is 5.15 Å². The van der Waals surface area contributed by atoms with E-state index in [1.54, 1.807) is 0 Å². The van der Waals surface area contributed by atoms with E-state index in [2.05, 4.69) is 9.97 Å². The van der Waals surface area contributed by atoms with Gasteiger partial charge in [-0.15, -0.1) is 0 Å². The molecule has 0 N–H and O–H groups in total. The number of hydrogen-bond acceptors (Lipinski definition) is 3. The fraction of sp³-hybridized carbons (Fsp3) is 0.200. The van der Waals surface area contributed by atoms with Crippen molar-refractivity contribution in [1.82, 2.24) is 9.97 Å². The van der Waals surface area contributed by atoms with E-state index in [1.165, 1.54) is 0 Å². The summed E-state index contributed by atoms with van der Waals surface area (Å²) in [6, 6.07) is 7.54. The summed E-state index contributed by atoms with van der Waals surface area (Å²) in [6.45, 7) is 2.42. The first-order valence-electron chi connectivity index (χ1n) is 4.36. The van der Waals surface area contributed by atoms with Crippen LogP contribution >= 0.6 is 11.6 Å². The molecule has 1 aromatic carbocycles. The summed E-state index contributed by atoms with van der Waals surface area (Å²) < 4.78 is 5.24.